The standard InChI is InChI=1S/C20H16N2O4/c23-14(11-22-19(24)16-6-2-3-7-17(16)20(22)25)12-26-15-9-13-5-1-4-8-18(13)21-10-15/h1-10,14,23H,11-12H2. The first kappa shape index (κ1) is 16.2. The lowest BCUT2D eigenvalue weighted by atomic mass is 10.1. The number of hydrogen-bond donors (Lipinski definition) is 1. The van der Waals surface area contributed by atoms with E-state index in [9.17, 15) is 14.7 Å². The van der Waals surface area contributed by atoms with Crippen LogP contribution in [0.25, 0.3) is 10.9 Å². The van der Waals surface area contributed by atoms with Crippen LogP contribution in [0.3, 0.4) is 0 Å². The van der Waals surface area contributed by atoms with Gasteiger partial charge in [0, 0.05) is 5.39 Å². The van der Waals surface area contributed by atoms with E-state index in [2.05, 4.69) is 4.98 Å². The van der Waals surface area contributed by atoms with E-state index in [1.54, 1.807) is 30.5 Å². The number of pyridine rings is 1. The van der Waals surface area contributed by atoms with Crippen molar-refractivity contribution in [3.63, 3.8) is 0 Å². The molecule has 6 heteroatoms. The van der Waals surface area contributed by atoms with E-state index in [1.807, 2.05) is 30.3 Å². The van der Waals surface area contributed by atoms with Crippen molar-refractivity contribution in [1.82, 2.24) is 9.88 Å². The Morgan fingerprint density at radius 1 is 1.00 bits per heavy atom. The number of amides is 2. The topological polar surface area (TPSA) is 79.7 Å². The smallest absolute Gasteiger partial charge is 0.261 e. The van der Waals surface area contributed by atoms with Crippen LogP contribution in [-0.4, -0.2) is 46.1 Å². The number of benzene rings is 2. The molecule has 1 unspecified atom stereocenters. The molecule has 130 valence electrons. The lowest BCUT2D eigenvalue weighted by Crippen LogP contribution is -2.39. The van der Waals surface area contributed by atoms with Crippen LogP contribution < -0.4 is 4.74 Å². The van der Waals surface area contributed by atoms with E-state index in [1.165, 1.54) is 0 Å². The molecular formula is C20H16N2O4. The lowest BCUT2D eigenvalue weighted by molar-refractivity contribution is 0.0456. The monoisotopic (exact) mass is 348 g/mol. The summed E-state index contributed by atoms with van der Waals surface area (Å²) in [6.45, 7) is -0.166. The SMILES string of the molecule is O=C1c2ccccc2C(=O)N1CC(O)COc1cnc2ccccc2c1. The third-order valence-corrected chi connectivity index (χ3v) is 4.28. The zero-order chi connectivity index (χ0) is 18.1. The average molecular weight is 348 g/mol. The first-order valence-electron chi connectivity index (χ1n) is 8.24. The van der Waals surface area contributed by atoms with Crippen molar-refractivity contribution in [2.45, 2.75) is 6.10 Å². The normalized spacial score (nSPS) is 14.6. The molecule has 4 rings (SSSR count). The highest BCUT2D eigenvalue weighted by Gasteiger charge is 2.36. The van der Waals surface area contributed by atoms with E-state index in [4.69, 9.17) is 4.74 Å². The molecule has 2 aromatic carbocycles. The quantitative estimate of drug-likeness (QED) is 0.716. The van der Waals surface area contributed by atoms with Crippen molar-refractivity contribution in [3.8, 4) is 5.75 Å². The van der Waals surface area contributed by atoms with Crippen molar-refractivity contribution >= 4 is 22.7 Å². The number of fused-ring (bicyclic) bond motifs is 2. The number of nitrogens with zero attached hydrogens (tertiary/aromatic N) is 2. The van der Waals surface area contributed by atoms with Gasteiger partial charge in [0.1, 0.15) is 18.5 Å². The number of aliphatic hydroxyl groups excluding tert-OH is 1. The van der Waals surface area contributed by atoms with Crippen LogP contribution in [0.4, 0.5) is 0 Å². The second-order valence-electron chi connectivity index (χ2n) is 6.10. The number of rotatable bonds is 5. The molecule has 26 heavy (non-hydrogen) atoms. The second-order valence-corrected chi connectivity index (χ2v) is 6.10. The van der Waals surface area contributed by atoms with E-state index < -0.39 is 17.9 Å². The van der Waals surface area contributed by atoms with Crippen LogP contribution in [0.1, 0.15) is 20.7 Å². The second kappa shape index (κ2) is 6.57. The highest BCUT2D eigenvalue weighted by Crippen LogP contribution is 2.23. The molecule has 1 atom stereocenters. The summed E-state index contributed by atoms with van der Waals surface area (Å²) >= 11 is 0. The Kier molecular flexibility index (Phi) is 4.10. The minimum absolute atomic E-state index is 0.0482. The third-order valence-electron chi connectivity index (χ3n) is 4.28. The van der Waals surface area contributed by atoms with Gasteiger partial charge in [0.15, 0.2) is 0 Å². The van der Waals surface area contributed by atoms with Gasteiger partial charge in [0.05, 0.1) is 29.4 Å². The van der Waals surface area contributed by atoms with Crippen molar-refractivity contribution < 1.29 is 19.4 Å². The van der Waals surface area contributed by atoms with E-state index >= 15 is 0 Å². The number of imide groups is 1. The van der Waals surface area contributed by atoms with Gasteiger partial charge in [-0.2, -0.15) is 0 Å². The zero-order valence-corrected chi connectivity index (χ0v) is 13.8. The predicted octanol–water partition coefficient (Wildman–Crippen LogP) is 2.27. The highest BCUT2D eigenvalue weighted by atomic mass is 16.5. The summed E-state index contributed by atoms with van der Waals surface area (Å²) in [5.41, 5.74) is 1.58. The maximum absolute atomic E-state index is 12.3. The summed E-state index contributed by atoms with van der Waals surface area (Å²) in [7, 11) is 0. The van der Waals surface area contributed by atoms with Crippen LogP contribution in [0.2, 0.25) is 0 Å². The first-order chi connectivity index (χ1) is 12.6. The molecular weight excluding hydrogens is 332 g/mol. The van der Waals surface area contributed by atoms with Gasteiger partial charge in [-0.1, -0.05) is 30.3 Å². The molecule has 2 heterocycles. The van der Waals surface area contributed by atoms with Gasteiger partial charge in [-0.15, -0.1) is 0 Å². The van der Waals surface area contributed by atoms with Gasteiger partial charge in [0.25, 0.3) is 11.8 Å². The zero-order valence-electron chi connectivity index (χ0n) is 13.8. The van der Waals surface area contributed by atoms with E-state index in [-0.39, 0.29) is 13.2 Å². The fraction of sp³-hybridized carbons (Fsp3) is 0.150. The Balaban J connectivity index is 1.40. The molecule has 0 fully saturated rings. The molecule has 6 nitrogen and oxygen atoms in total. The Morgan fingerprint density at radius 2 is 1.65 bits per heavy atom. The molecule has 0 saturated carbocycles. The number of β-amino-alcohol motifs (C(OH)–C–C–N with tert-alkyl or cyclic N) is 1. The van der Waals surface area contributed by atoms with Crippen LogP contribution in [0.15, 0.2) is 60.8 Å². The van der Waals surface area contributed by atoms with Gasteiger partial charge in [-0.3, -0.25) is 19.5 Å². The van der Waals surface area contributed by atoms with Gasteiger partial charge >= 0.3 is 0 Å². The van der Waals surface area contributed by atoms with E-state index in [0.29, 0.717) is 16.9 Å². The molecule has 0 radical (unpaired) electrons. The van der Waals surface area contributed by atoms with Crippen LogP contribution >= 0.6 is 0 Å². The predicted molar refractivity (Wildman–Crippen MR) is 95.1 cm³/mol. The first-order valence-corrected chi connectivity index (χ1v) is 8.24. The van der Waals surface area contributed by atoms with Crippen molar-refractivity contribution in [3.05, 3.63) is 71.9 Å². The summed E-state index contributed by atoms with van der Waals surface area (Å²) in [6, 6.07) is 16.1. The summed E-state index contributed by atoms with van der Waals surface area (Å²) in [4.78, 5) is 30.0. The number of carbonyl (C=O) groups excluding carboxylic acids is 2. The molecule has 0 aliphatic carbocycles. The number of carbonyl (C=O) groups is 2. The molecule has 1 aromatic heterocycles. The lowest BCUT2D eigenvalue weighted by Gasteiger charge is -2.18. The summed E-state index contributed by atoms with van der Waals surface area (Å²) in [6.07, 6.45) is 0.584. The Hall–Kier alpha value is -3.25. The molecule has 1 aliphatic rings. The Labute approximate surface area is 149 Å². The number of aromatic nitrogens is 1. The largest absolute Gasteiger partial charge is 0.489 e. The third kappa shape index (κ3) is 2.91. The molecule has 1 aliphatic heterocycles. The Morgan fingerprint density at radius 3 is 2.38 bits per heavy atom. The van der Waals surface area contributed by atoms with Crippen LogP contribution in [0, 0.1) is 0 Å². The molecule has 3 aromatic rings. The summed E-state index contributed by atoms with van der Waals surface area (Å²) in [5.74, 6) is -0.265. The summed E-state index contributed by atoms with van der Waals surface area (Å²) in [5, 5.41) is 11.1. The summed E-state index contributed by atoms with van der Waals surface area (Å²) < 4.78 is 5.57. The van der Waals surface area contributed by atoms with Crippen LogP contribution in [-0.2, 0) is 0 Å². The number of hydrogen-bond acceptors (Lipinski definition) is 5. The maximum Gasteiger partial charge on any atom is 0.261 e. The molecule has 0 saturated heterocycles. The van der Waals surface area contributed by atoms with Crippen LogP contribution in [0.5, 0.6) is 5.75 Å². The average Bonchev–Trinajstić information content (AvgIpc) is 2.91. The molecule has 2 amide bonds. The van der Waals surface area contributed by atoms with Gasteiger partial charge in [-0.25, -0.2) is 0 Å². The minimum Gasteiger partial charge on any atom is -0.489 e. The highest BCUT2D eigenvalue weighted by molar-refractivity contribution is 6.21. The molecule has 0 bridgehead atoms. The minimum atomic E-state index is -0.997. The molecule has 0 spiro atoms. The Bertz CT molecular complexity index is 967. The number of ether oxygens (including phenoxy) is 1. The fourth-order valence-electron chi connectivity index (χ4n) is 2.99. The van der Waals surface area contributed by atoms with Crippen molar-refractivity contribution in [2.24, 2.45) is 0 Å². The van der Waals surface area contributed by atoms with Gasteiger partial charge in [-0.05, 0) is 24.3 Å². The number of para-hydroxylation sites is 1. The van der Waals surface area contributed by atoms with Crippen molar-refractivity contribution in [2.75, 3.05) is 13.2 Å². The number of aliphatic hydroxyl groups is 1. The fourth-order valence-corrected chi connectivity index (χ4v) is 2.99. The maximum atomic E-state index is 12.3. The molecule has 1 N–H and O–H groups in total. The van der Waals surface area contributed by atoms with Gasteiger partial charge in [0.2, 0.25) is 0 Å². The van der Waals surface area contributed by atoms with Crippen molar-refractivity contribution in [1.29, 1.82) is 0 Å². The van der Waals surface area contributed by atoms with Gasteiger partial charge < -0.3 is 9.84 Å². The van der Waals surface area contributed by atoms with E-state index in [0.717, 1.165) is 15.8 Å².